The Bertz CT molecular complexity index is 450. The van der Waals surface area contributed by atoms with E-state index in [0.29, 0.717) is 11.3 Å². The Kier molecular flexibility index (Phi) is 4.55. The van der Waals surface area contributed by atoms with Crippen LogP contribution in [0.4, 0.5) is 13.2 Å². The first-order chi connectivity index (χ1) is 9.78. The quantitative estimate of drug-likeness (QED) is 0.741. The smallest absolute Gasteiger partial charge is 0.396 e. The second-order valence-corrected chi connectivity index (χ2v) is 5.47. The molecule has 118 valence electrons. The van der Waals surface area contributed by atoms with Gasteiger partial charge in [-0.15, -0.1) is 0 Å². The summed E-state index contributed by atoms with van der Waals surface area (Å²) < 4.78 is 36.9. The highest BCUT2D eigenvalue weighted by Gasteiger charge is 2.40. The van der Waals surface area contributed by atoms with Crippen LogP contribution in [-0.4, -0.2) is 53.7 Å². The van der Waals surface area contributed by atoms with Gasteiger partial charge in [-0.05, 0) is 6.42 Å². The second-order valence-electron chi connectivity index (χ2n) is 5.47. The molecule has 0 saturated carbocycles. The van der Waals surface area contributed by atoms with Gasteiger partial charge in [-0.2, -0.15) is 13.2 Å². The molecule has 0 bridgehead atoms. The minimum Gasteiger partial charge on any atom is -0.396 e. The Labute approximate surface area is 119 Å². The predicted octanol–water partition coefficient (Wildman–Crippen LogP) is 0.450. The first kappa shape index (κ1) is 15.8. The molecule has 21 heavy (non-hydrogen) atoms. The molecule has 1 fully saturated rings. The van der Waals surface area contributed by atoms with E-state index in [1.165, 1.54) is 0 Å². The van der Waals surface area contributed by atoms with Crippen LogP contribution in [0.15, 0.2) is 12.2 Å². The monoisotopic (exact) mass is 306 g/mol. The minimum atomic E-state index is -4.45. The number of likely N-dealkylation sites (tertiary alicyclic amines) is 1. The Morgan fingerprint density at radius 1 is 1.43 bits per heavy atom. The number of aliphatic hydroxyl groups excluding tert-OH is 1. The molecule has 1 aliphatic heterocycles. The Balaban J connectivity index is 1.85. The molecule has 1 saturated heterocycles. The molecule has 1 aliphatic carbocycles. The molecule has 2 rings (SSSR count). The maximum atomic E-state index is 12.3. The third kappa shape index (κ3) is 4.20. The van der Waals surface area contributed by atoms with Gasteiger partial charge < -0.3 is 15.3 Å². The lowest BCUT2D eigenvalue weighted by Crippen LogP contribution is -2.40. The first-order valence-corrected chi connectivity index (χ1v) is 6.72. The lowest BCUT2D eigenvalue weighted by Gasteiger charge is -2.19. The first-order valence-electron chi connectivity index (χ1n) is 6.72. The summed E-state index contributed by atoms with van der Waals surface area (Å²) in [6, 6.07) is -0.235. The number of nitrogens with one attached hydrogen (secondary N) is 1. The van der Waals surface area contributed by atoms with Gasteiger partial charge >= 0.3 is 6.18 Å². The van der Waals surface area contributed by atoms with Crippen LogP contribution in [-0.2, 0) is 9.59 Å². The number of amides is 2. The summed E-state index contributed by atoms with van der Waals surface area (Å²) in [6.07, 6.45) is -0.537. The van der Waals surface area contributed by atoms with Crippen LogP contribution in [0.5, 0.6) is 0 Å². The molecule has 2 aliphatic rings. The van der Waals surface area contributed by atoms with Crippen molar-refractivity contribution in [3.63, 3.8) is 0 Å². The van der Waals surface area contributed by atoms with E-state index in [-0.39, 0.29) is 31.5 Å². The van der Waals surface area contributed by atoms with E-state index in [4.69, 9.17) is 5.11 Å². The van der Waals surface area contributed by atoms with Crippen LogP contribution < -0.4 is 5.32 Å². The number of carbonyl (C=O) groups is 2. The lowest BCUT2D eigenvalue weighted by atomic mass is 10.1. The van der Waals surface area contributed by atoms with Gasteiger partial charge in [0.2, 0.25) is 11.8 Å². The van der Waals surface area contributed by atoms with E-state index in [0.717, 1.165) is 0 Å². The summed E-state index contributed by atoms with van der Waals surface area (Å²) in [5.41, 5.74) is 0. The largest absolute Gasteiger partial charge is 0.406 e. The van der Waals surface area contributed by atoms with Crippen molar-refractivity contribution in [3.8, 4) is 0 Å². The molecule has 3 atom stereocenters. The molecule has 8 heteroatoms. The van der Waals surface area contributed by atoms with Crippen molar-refractivity contribution in [1.82, 2.24) is 10.2 Å². The van der Waals surface area contributed by atoms with Crippen molar-refractivity contribution >= 4 is 11.8 Å². The van der Waals surface area contributed by atoms with Crippen molar-refractivity contribution in [2.24, 2.45) is 11.8 Å². The summed E-state index contributed by atoms with van der Waals surface area (Å²) in [6.45, 7) is -1.53. The SMILES string of the molecule is O=C(N[C@@H]1C=C[C@H](CO)C1)C1CC(=O)N(CC(F)(F)F)C1. The molecule has 2 amide bonds. The Morgan fingerprint density at radius 2 is 2.14 bits per heavy atom. The van der Waals surface area contributed by atoms with Gasteiger partial charge in [0.25, 0.3) is 0 Å². The van der Waals surface area contributed by atoms with E-state index in [2.05, 4.69) is 5.32 Å². The maximum Gasteiger partial charge on any atom is 0.406 e. The number of hydrogen-bond donors (Lipinski definition) is 2. The number of hydrogen-bond acceptors (Lipinski definition) is 3. The van der Waals surface area contributed by atoms with Gasteiger partial charge in [0.05, 0.1) is 5.92 Å². The highest BCUT2D eigenvalue weighted by atomic mass is 19.4. The molecule has 0 spiro atoms. The molecule has 0 aromatic rings. The van der Waals surface area contributed by atoms with Crippen molar-refractivity contribution in [2.45, 2.75) is 25.1 Å². The fraction of sp³-hybridized carbons (Fsp3) is 0.692. The number of halogens is 3. The highest BCUT2D eigenvalue weighted by molar-refractivity contribution is 5.89. The van der Waals surface area contributed by atoms with Gasteiger partial charge in [-0.3, -0.25) is 9.59 Å². The van der Waals surface area contributed by atoms with Crippen LogP contribution in [0, 0.1) is 11.8 Å². The predicted molar refractivity (Wildman–Crippen MR) is 67.0 cm³/mol. The fourth-order valence-corrected chi connectivity index (χ4v) is 2.63. The Hall–Kier alpha value is -1.57. The van der Waals surface area contributed by atoms with Gasteiger partial charge in [-0.1, -0.05) is 12.2 Å². The van der Waals surface area contributed by atoms with E-state index in [9.17, 15) is 22.8 Å². The van der Waals surface area contributed by atoms with E-state index in [1.54, 1.807) is 12.2 Å². The number of rotatable bonds is 4. The maximum absolute atomic E-state index is 12.3. The standard InChI is InChI=1S/C13H17F3N2O3/c14-13(15,16)7-18-5-9(4-11(18)20)12(21)17-10-2-1-8(3-10)6-19/h1-2,8-10,19H,3-7H2,(H,17,21)/t8-,9?,10+/m0/s1. The topological polar surface area (TPSA) is 69.6 Å². The minimum absolute atomic E-state index is 0.00978. The molecular formula is C13H17F3N2O3. The van der Waals surface area contributed by atoms with Crippen molar-refractivity contribution in [1.29, 1.82) is 0 Å². The van der Waals surface area contributed by atoms with Gasteiger partial charge in [0, 0.05) is 31.5 Å². The third-order valence-corrected chi connectivity index (χ3v) is 3.69. The molecule has 0 radical (unpaired) electrons. The molecule has 1 heterocycles. The Morgan fingerprint density at radius 3 is 2.71 bits per heavy atom. The van der Waals surface area contributed by atoms with Crippen molar-refractivity contribution < 1.29 is 27.9 Å². The van der Waals surface area contributed by atoms with E-state index >= 15 is 0 Å². The zero-order valence-electron chi connectivity index (χ0n) is 11.3. The molecule has 0 aromatic heterocycles. The molecule has 5 nitrogen and oxygen atoms in total. The normalized spacial score (nSPS) is 29.2. The lowest BCUT2D eigenvalue weighted by molar-refractivity contribution is -0.157. The second kappa shape index (κ2) is 6.05. The van der Waals surface area contributed by atoms with Gasteiger partial charge in [0.15, 0.2) is 0 Å². The summed E-state index contributed by atoms with van der Waals surface area (Å²) in [4.78, 5) is 24.2. The van der Waals surface area contributed by atoms with Crippen molar-refractivity contribution in [3.05, 3.63) is 12.2 Å². The molecule has 1 unspecified atom stereocenters. The highest BCUT2D eigenvalue weighted by Crippen LogP contribution is 2.24. The molecular weight excluding hydrogens is 289 g/mol. The molecule has 0 aromatic carbocycles. The summed E-state index contributed by atoms with van der Waals surface area (Å²) in [7, 11) is 0. The zero-order chi connectivity index (χ0) is 15.6. The van der Waals surface area contributed by atoms with Crippen molar-refractivity contribution in [2.75, 3.05) is 19.7 Å². The fourth-order valence-electron chi connectivity index (χ4n) is 2.63. The van der Waals surface area contributed by atoms with Crippen LogP contribution in [0.1, 0.15) is 12.8 Å². The van der Waals surface area contributed by atoms with Crippen LogP contribution >= 0.6 is 0 Å². The number of carbonyl (C=O) groups excluding carboxylic acids is 2. The van der Waals surface area contributed by atoms with Crippen LogP contribution in [0.2, 0.25) is 0 Å². The van der Waals surface area contributed by atoms with Crippen LogP contribution in [0.3, 0.4) is 0 Å². The van der Waals surface area contributed by atoms with Crippen LogP contribution in [0.25, 0.3) is 0 Å². The summed E-state index contributed by atoms with van der Waals surface area (Å²) in [5.74, 6) is -1.83. The average molecular weight is 306 g/mol. The average Bonchev–Trinajstić information content (AvgIpc) is 2.95. The third-order valence-electron chi connectivity index (χ3n) is 3.69. The number of alkyl halides is 3. The zero-order valence-corrected chi connectivity index (χ0v) is 11.3. The van der Waals surface area contributed by atoms with E-state index in [1.807, 2.05) is 0 Å². The number of nitrogens with zero attached hydrogens (tertiary/aromatic N) is 1. The summed E-state index contributed by atoms with van der Waals surface area (Å²) in [5, 5.41) is 11.7. The van der Waals surface area contributed by atoms with Gasteiger partial charge in [0.1, 0.15) is 6.54 Å². The van der Waals surface area contributed by atoms with E-state index < -0.39 is 30.5 Å². The summed E-state index contributed by atoms with van der Waals surface area (Å²) >= 11 is 0. The van der Waals surface area contributed by atoms with Gasteiger partial charge in [-0.25, -0.2) is 0 Å². The molecule has 2 N–H and O–H groups in total. The number of aliphatic hydroxyl groups is 1.